The molecule has 6 heteroatoms. The summed E-state index contributed by atoms with van der Waals surface area (Å²) in [5.41, 5.74) is 2.21. The molecule has 1 aromatic carbocycles. The van der Waals surface area contributed by atoms with Crippen LogP contribution in [-0.4, -0.2) is 31.1 Å². The molecule has 0 spiro atoms. The zero-order valence-corrected chi connectivity index (χ0v) is 13.3. The number of ether oxygens (including phenoxy) is 1. The number of aliphatic imine (C=N–C) groups is 1. The molecule has 0 aromatic heterocycles. The molecule has 114 valence electrons. The average Bonchev–Trinajstić information content (AvgIpc) is 2.92. The molecule has 2 rings (SSSR count). The fraction of sp³-hybridized carbons (Fsp3) is 0.467. The van der Waals surface area contributed by atoms with E-state index in [1.807, 2.05) is 26.8 Å². The van der Waals surface area contributed by atoms with Crippen LogP contribution in [0, 0.1) is 0 Å². The highest BCUT2D eigenvalue weighted by molar-refractivity contribution is 6.34. The van der Waals surface area contributed by atoms with Crippen molar-refractivity contribution in [3.8, 4) is 0 Å². The van der Waals surface area contributed by atoms with Gasteiger partial charge in [-0.2, -0.15) is 0 Å². The predicted molar refractivity (Wildman–Crippen MR) is 85.3 cm³/mol. The molecule has 5 nitrogen and oxygen atoms in total. The highest BCUT2D eigenvalue weighted by Gasteiger charge is 2.17. The number of nitrogens with zero attached hydrogens (tertiary/aromatic N) is 1. The van der Waals surface area contributed by atoms with E-state index in [4.69, 9.17) is 16.3 Å². The number of benzene rings is 1. The molecular formula is C15H20ClN3O2. The van der Waals surface area contributed by atoms with Gasteiger partial charge in [-0.3, -0.25) is 4.99 Å². The van der Waals surface area contributed by atoms with Gasteiger partial charge in [-0.25, -0.2) is 4.79 Å². The standard InChI is InChI=1S/C15H20ClN3O2/c1-4-10-7-11(14(20)21-9(2)3)8-12(16)13(10)19-15-17-5-6-18-15/h7-9H,4-6H2,1-3H3,(H2,17,18,19). The molecule has 0 bridgehead atoms. The van der Waals surface area contributed by atoms with Crippen molar-refractivity contribution < 1.29 is 9.53 Å². The molecule has 2 N–H and O–H groups in total. The van der Waals surface area contributed by atoms with E-state index in [2.05, 4.69) is 15.6 Å². The van der Waals surface area contributed by atoms with Crippen LogP contribution in [0.1, 0.15) is 36.7 Å². The quantitative estimate of drug-likeness (QED) is 0.840. The van der Waals surface area contributed by atoms with Crippen LogP contribution in [0.15, 0.2) is 17.1 Å². The number of esters is 1. The van der Waals surface area contributed by atoms with Crippen LogP contribution in [0.4, 0.5) is 5.69 Å². The molecule has 0 fully saturated rings. The van der Waals surface area contributed by atoms with Gasteiger partial charge in [-0.1, -0.05) is 18.5 Å². The second-order valence-corrected chi connectivity index (χ2v) is 5.49. The van der Waals surface area contributed by atoms with E-state index >= 15 is 0 Å². The summed E-state index contributed by atoms with van der Waals surface area (Å²) in [6, 6.07) is 3.44. The molecule has 0 saturated carbocycles. The van der Waals surface area contributed by atoms with Crippen molar-refractivity contribution in [3.63, 3.8) is 0 Å². The Morgan fingerprint density at radius 2 is 2.29 bits per heavy atom. The summed E-state index contributed by atoms with van der Waals surface area (Å²) in [7, 11) is 0. The first-order valence-electron chi connectivity index (χ1n) is 7.10. The van der Waals surface area contributed by atoms with Gasteiger partial charge in [0.2, 0.25) is 0 Å². The first-order valence-corrected chi connectivity index (χ1v) is 7.47. The lowest BCUT2D eigenvalue weighted by Crippen LogP contribution is -2.27. The van der Waals surface area contributed by atoms with Crippen LogP contribution in [0.5, 0.6) is 0 Å². The van der Waals surface area contributed by atoms with Gasteiger partial charge in [-0.15, -0.1) is 0 Å². The van der Waals surface area contributed by atoms with E-state index < -0.39 is 0 Å². The molecule has 1 aliphatic heterocycles. The third-order valence-corrected chi connectivity index (χ3v) is 3.35. The van der Waals surface area contributed by atoms with Crippen molar-refractivity contribution >= 4 is 29.2 Å². The minimum absolute atomic E-state index is 0.156. The van der Waals surface area contributed by atoms with Crippen molar-refractivity contribution in [2.45, 2.75) is 33.3 Å². The third-order valence-electron chi connectivity index (χ3n) is 3.05. The summed E-state index contributed by atoms with van der Waals surface area (Å²) >= 11 is 6.32. The summed E-state index contributed by atoms with van der Waals surface area (Å²) in [6.07, 6.45) is 0.592. The van der Waals surface area contributed by atoms with Crippen molar-refractivity contribution in [3.05, 3.63) is 28.3 Å². The summed E-state index contributed by atoms with van der Waals surface area (Å²) in [4.78, 5) is 16.3. The Bertz CT molecular complexity index is 570. The number of guanidine groups is 1. The second kappa shape index (κ2) is 6.80. The van der Waals surface area contributed by atoms with E-state index in [0.29, 0.717) is 16.5 Å². The summed E-state index contributed by atoms with van der Waals surface area (Å²) < 4.78 is 5.21. The fourth-order valence-electron chi connectivity index (χ4n) is 2.08. The van der Waals surface area contributed by atoms with Gasteiger partial charge in [0, 0.05) is 6.54 Å². The van der Waals surface area contributed by atoms with Crippen LogP contribution in [0.25, 0.3) is 0 Å². The number of hydrogen-bond acceptors (Lipinski definition) is 5. The van der Waals surface area contributed by atoms with Crippen molar-refractivity contribution in [1.82, 2.24) is 5.32 Å². The number of nitrogens with one attached hydrogen (secondary N) is 2. The van der Waals surface area contributed by atoms with Gasteiger partial charge in [0.1, 0.15) is 0 Å². The third kappa shape index (κ3) is 3.88. The highest BCUT2D eigenvalue weighted by Crippen LogP contribution is 2.29. The van der Waals surface area contributed by atoms with E-state index in [1.54, 1.807) is 6.07 Å². The van der Waals surface area contributed by atoms with Crippen molar-refractivity contribution in [2.24, 2.45) is 4.99 Å². The Labute approximate surface area is 129 Å². The molecule has 1 heterocycles. The van der Waals surface area contributed by atoms with Gasteiger partial charge >= 0.3 is 5.97 Å². The first kappa shape index (κ1) is 15.6. The number of carbonyl (C=O) groups is 1. The molecule has 1 aromatic rings. The van der Waals surface area contributed by atoms with Gasteiger partial charge in [0.25, 0.3) is 0 Å². The smallest absolute Gasteiger partial charge is 0.338 e. The largest absolute Gasteiger partial charge is 0.459 e. The molecule has 0 amide bonds. The Morgan fingerprint density at radius 1 is 1.52 bits per heavy atom. The van der Waals surface area contributed by atoms with Gasteiger partial charge in [0.15, 0.2) is 5.96 Å². The first-order chi connectivity index (χ1) is 10.0. The molecule has 0 unspecified atom stereocenters. The zero-order valence-electron chi connectivity index (χ0n) is 12.5. The minimum atomic E-state index is -0.357. The average molecular weight is 310 g/mol. The predicted octanol–water partition coefficient (Wildman–Crippen LogP) is 2.84. The molecule has 1 aliphatic rings. The normalized spacial score (nSPS) is 13.9. The van der Waals surface area contributed by atoms with E-state index in [-0.39, 0.29) is 12.1 Å². The minimum Gasteiger partial charge on any atom is -0.459 e. The maximum atomic E-state index is 12.0. The second-order valence-electron chi connectivity index (χ2n) is 5.08. The van der Waals surface area contributed by atoms with Crippen molar-refractivity contribution in [1.29, 1.82) is 0 Å². The van der Waals surface area contributed by atoms with E-state index in [1.165, 1.54) is 0 Å². The highest BCUT2D eigenvalue weighted by atomic mass is 35.5. The summed E-state index contributed by atoms with van der Waals surface area (Å²) in [6.45, 7) is 7.22. The maximum Gasteiger partial charge on any atom is 0.338 e. The van der Waals surface area contributed by atoms with Crippen LogP contribution in [-0.2, 0) is 11.2 Å². The lowest BCUT2D eigenvalue weighted by molar-refractivity contribution is 0.0378. The molecule has 0 aliphatic carbocycles. The SMILES string of the molecule is CCc1cc(C(=O)OC(C)C)cc(Cl)c1NC1=NCCN1. The van der Waals surface area contributed by atoms with Crippen LogP contribution in [0.3, 0.4) is 0 Å². The molecule has 0 atom stereocenters. The van der Waals surface area contributed by atoms with Crippen LogP contribution in [0.2, 0.25) is 5.02 Å². The Balaban J connectivity index is 2.28. The number of anilines is 1. The topological polar surface area (TPSA) is 62.7 Å². The van der Waals surface area contributed by atoms with Crippen LogP contribution >= 0.6 is 11.6 Å². The lowest BCUT2D eigenvalue weighted by Gasteiger charge is -2.15. The zero-order chi connectivity index (χ0) is 15.4. The lowest BCUT2D eigenvalue weighted by atomic mass is 10.1. The Hall–Kier alpha value is -1.75. The van der Waals surface area contributed by atoms with Gasteiger partial charge in [-0.05, 0) is 38.0 Å². The molecule has 0 radical (unpaired) electrons. The maximum absolute atomic E-state index is 12.0. The summed E-state index contributed by atoms with van der Waals surface area (Å²) in [5.74, 6) is 0.355. The number of hydrogen-bond donors (Lipinski definition) is 2. The molecule has 21 heavy (non-hydrogen) atoms. The molecular weight excluding hydrogens is 290 g/mol. The van der Waals surface area contributed by atoms with Gasteiger partial charge in [0.05, 0.1) is 28.9 Å². The Kier molecular flexibility index (Phi) is 5.07. The number of halogens is 1. The monoisotopic (exact) mass is 309 g/mol. The summed E-state index contributed by atoms with van der Waals surface area (Å²) in [5, 5.41) is 6.81. The number of carbonyl (C=O) groups excluding carboxylic acids is 1. The number of rotatable bonds is 4. The van der Waals surface area contributed by atoms with Gasteiger partial charge < -0.3 is 15.4 Å². The molecule has 0 saturated heterocycles. The van der Waals surface area contributed by atoms with E-state index in [9.17, 15) is 4.79 Å². The fourth-order valence-corrected chi connectivity index (χ4v) is 2.37. The van der Waals surface area contributed by atoms with Crippen LogP contribution < -0.4 is 10.6 Å². The number of aryl methyl sites for hydroxylation is 1. The Morgan fingerprint density at radius 3 is 2.86 bits per heavy atom. The van der Waals surface area contributed by atoms with E-state index in [0.717, 1.165) is 30.8 Å². The van der Waals surface area contributed by atoms with Crippen molar-refractivity contribution in [2.75, 3.05) is 18.4 Å².